The van der Waals surface area contributed by atoms with Crippen molar-refractivity contribution in [3.63, 3.8) is 0 Å². The van der Waals surface area contributed by atoms with Crippen molar-refractivity contribution < 1.29 is 13.9 Å². The summed E-state index contributed by atoms with van der Waals surface area (Å²) in [4.78, 5) is 20.9. The molecule has 0 saturated heterocycles. The van der Waals surface area contributed by atoms with E-state index in [1.54, 1.807) is 23.0 Å². The number of ether oxygens (including phenoxy) is 1. The Hall–Kier alpha value is -3.29. The van der Waals surface area contributed by atoms with Crippen molar-refractivity contribution >= 4 is 11.7 Å². The van der Waals surface area contributed by atoms with Gasteiger partial charge in [-0.3, -0.25) is 4.79 Å². The third kappa shape index (κ3) is 2.90. The first-order chi connectivity index (χ1) is 13.3. The maximum absolute atomic E-state index is 14.2. The third-order valence-corrected chi connectivity index (χ3v) is 4.97. The Balaban J connectivity index is 1.69. The number of hydrogen-bond acceptors (Lipinski definition) is 5. The minimum Gasteiger partial charge on any atom is -0.481 e. The molecule has 1 N–H and O–H groups in total. The molecule has 28 heavy (non-hydrogen) atoms. The number of nitrogens with one attached hydrogen (secondary N) is 1. The minimum absolute atomic E-state index is 0.119. The van der Waals surface area contributed by atoms with Gasteiger partial charge in [0.25, 0.3) is 0 Å². The molecule has 0 fully saturated rings. The molecule has 3 heterocycles. The second-order valence-electron chi connectivity index (χ2n) is 7.36. The minimum atomic E-state index is -0.673. The fourth-order valence-corrected chi connectivity index (χ4v) is 3.17. The number of nitrogens with zero attached hydrogens (tertiary/aromatic N) is 4. The van der Waals surface area contributed by atoms with Crippen LogP contribution in [0.15, 0.2) is 30.5 Å². The fraction of sp³-hybridized carbons (Fsp3) is 0.300. The number of carbonyl (C=O) groups excluding carboxylic acids is 1. The summed E-state index contributed by atoms with van der Waals surface area (Å²) in [7, 11) is 1.52. The summed E-state index contributed by atoms with van der Waals surface area (Å²) in [6.07, 6.45) is 1.64. The van der Waals surface area contributed by atoms with Crippen LogP contribution in [0.2, 0.25) is 0 Å². The number of anilines is 1. The number of hydrogen-bond donors (Lipinski definition) is 1. The molecule has 8 heteroatoms. The molecular weight excluding hydrogens is 361 g/mol. The lowest BCUT2D eigenvalue weighted by Crippen LogP contribution is -2.26. The number of methoxy groups -OCH3 is 1. The van der Waals surface area contributed by atoms with Gasteiger partial charge in [-0.2, -0.15) is 5.10 Å². The van der Waals surface area contributed by atoms with E-state index in [1.165, 1.54) is 13.2 Å². The van der Waals surface area contributed by atoms with Gasteiger partial charge in [-0.1, -0.05) is 12.1 Å². The van der Waals surface area contributed by atoms with E-state index in [-0.39, 0.29) is 18.3 Å². The van der Waals surface area contributed by atoms with Crippen LogP contribution in [0.25, 0.3) is 11.5 Å². The number of benzene rings is 1. The van der Waals surface area contributed by atoms with Gasteiger partial charge in [-0.25, -0.2) is 19.0 Å². The summed E-state index contributed by atoms with van der Waals surface area (Å²) in [5.74, 6) is 0.893. The van der Waals surface area contributed by atoms with Crippen LogP contribution >= 0.6 is 0 Å². The van der Waals surface area contributed by atoms with E-state index in [1.807, 2.05) is 26.8 Å². The maximum atomic E-state index is 14.2. The molecule has 1 aromatic carbocycles. The second-order valence-corrected chi connectivity index (χ2v) is 7.36. The van der Waals surface area contributed by atoms with Crippen molar-refractivity contribution in [1.29, 1.82) is 0 Å². The van der Waals surface area contributed by atoms with Crippen LogP contribution in [0.5, 0.6) is 5.88 Å². The summed E-state index contributed by atoms with van der Waals surface area (Å²) in [5.41, 5.74) is 1.90. The van der Waals surface area contributed by atoms with Gasteiger partial charge in [0.05, 0.1) is 19.1 Å². The zero-order chi connectivity index (χ0) is 20.1. The molecule has 0 bridgehead atoms. The molecule has 2 aromatic heterocycles. The number of amides is 1. The molecule has 0 spiro atoms. The molecule has 0 aliphatic carbocycles. The smallest absolute Gasteiger partial charge is 0.235 e. The average molecular weight is 381 g/mol. The van der Waals surface area contributed by atoms with Crippen LogP contribution in [0.3, 0.4) is 0 Å². The Kier molecular flexibility index (Phi) is 4.14. The second kappa shape index (κ2) is 6.40. The number of carbonyl (C=O) groups is 1. The Morgan fingerprint density at radius 3 is 2.79 bits per heavy atom. The van der Waals surface area contributed by atoms with E-state index in [2.05, 4.69) is 20.4 Å². The third-order valence-electron chi connectivity index (χ3n) is 4.97. The normalized spacial score (nSPS) is 14.7. The Morgan fingerprint density at radius 1 is 1.29 bits per heavy atom. The molecule has 0 unspecified atom stereocenters. The van der Waals surface area contributed by atoms with Gasteiger partial charge in [0, 0.05) is 23.4 Å². The molecule has 0 atom stereocenters. The van der Waals surface area contributed by atoms with Crippen LogP contribution in [0, 0.1) is 12.7 Å². The predicted molar refractivity (Wildman–Crippen MR) is 102 cm³/mol. The van der Waals surface area contributed by atoms with E-state index in [0.717, 1.165) is 11.1 Å². The molecule has 0 radical (unpaired) electrons. The van der Waals surface area contributed by atoms with Crippen LogP contribution in [0.1, 0.15) is 30.5 Å². The zero-order valence-electron chi connectivity index (χ0n) is 16.1. The van der Waals surface area contributed by atoms with Crippen molar-refractivity contribution in [1.82, 2.24) is 19.7 Å². The molecule has 144 valence electrons. The molecule has 1 aliphatic rings. The highest BCUT2D eigenvalue weighted by Gasteiger charge is 2.40. The topological polar surface area (TPSA) is 81.9 Å². The van der Waals surface area contributed by atoms with Gasteiger partial charge in [0.15, 0.2) is 5.82 Å². The highest BCUT2D eigenvalue weighted by Crippen LogP contribution is 2.36. The van der Waals surface area contributed by atoms with Crippen LogP contribution in [-0.2, 0) is 16.8 Å². The monoisotopic (exact) mass is 381 g/mol. The van der Waals surface area contributed by atoms with Gasteiger partial charge >= 0.3 is 0 Å². The Morgan fingerprint density at radius 2 is 2.07 bits per heavy atom. The van der Waals surface area contributed by atoms with Crippen LogP contribution in [0.4, 0.5) is 10.2 Å². The van der Waals surface area contributed by atoms with Gasteiger partial charge < -0.3 is 10.1 Å². The molecule has 7 nitrogen and oxygen atoms in total. The highest BCUT2D eigenvalue weighted by molar-refractivity contribution is 6.04. The lowest BCUT2D eigenvalue weighted by molar-refractivity contribution is -0.119. The average Bonchev–Trinajstić information content (AvgIpc) is 3.15. The van der Waals surface area contributed by atoms with Gasteiger partial charge in [0.2, 0.25) is 11.8 Å². The number of aromatic nitrogens is 4. The van der Waals surface area contributed by atoms with Crippen LogP contribution < -0.4 is 10.1 Å². The van der Waals surface area contributed by atoms with Crippen molar-refractivity contribution in [2.24, 2.45) is 0 Å². The molecule has 4 rings (SSSR count). The Labute approximate surface area is 161 Å². The first-order valence-electron chi connectivity index (χ1n) is 8.86. The number of rotatable bonds is 4. The lowest BCUT2D eigenvalue weighted by atomic mass is 9.88. The standard InChI is InChI=1S/C20H20FN5O2/c1-11-5-6-12(14(21)7-11)10-26-16(28-4)8-15(25-26)18-22-9-13-17(23-18)24-19(27)20(13,2)3/h5-9H,10H2,1-4H3,(H,22,23,24,27). The number of aryl methyl sites for hydroxylation is 1. The highest BCUT2D eigenvalue weighted by atomic mass is 19.1. The molecule has 1 aliphatic heterocycles. The molecule has 0 saturated carbocycles. The van der Waals surface area contributed by atoms with Gasteiger partial charge in [0.1, 0.15) is 17.3 Å². The van der Waals surface area contributed by atoms with Crippen LogP contribution in [-0.4, -0.2) is 32.8 Å². The SMILES string of the molecule is COc1cc(-c2ncc3c(n2)NC(=O)C3(C)C)nn1Cc1ccc(C)cc1F. The number of fused-ring (bicyclic) bond motifs is 1. The van der Waals surface area contributed by atoms with Gasteiger partial charge in [-0.05, 0) is 32.4 Å². The number of halogens is 1. The zero-order valence-corrected chi connectivity index (χ0v) is 16.1. The molecule has 3 aromatic rings. The predicted octanol–water partition coefficient (Wildman–Crippen LogP) is 3.07. The van der Waals surface area contributed by atoms with E-state index in [0.29, 0.717) is 28.8 Å². The first kappa shape index (κ1) is 18.1. The lowest BCUT2D eigenvalue weighted by Gasteiger charge is -2.13. The van der Waals surface area contributed by atoms with Crippen molar-refractivity contribution in [2.45, 2.75) is 32.7 Å². The van der Waals surface area contributed by atoms with E-state index >= 15 is 0 Å². The summed E-state index contributed by atoms with van der Waals surface area (Å²) < 4.78 is 21.2. The van der Waals surface area contributed by atoms with Crippen molar-refractivity contribution in [3.8, 4) is 17.4 Å². The largest absolute Gasteiger partial charge is 0.481 e. The summed E-state index contributed by atoms with van der Waals surface area (Å²) in [5, 5.41) is 7.26. The van der Waals surface area contributed by atoms with Crippen molar-refractivity contribution in [2.75, 3.05) is 12.4 Å². The van der Waals surface area contributed by atoms with Crippen molar-refractivity contribution in [3.05, 3.63) is 53.0 Å². The maximum Gasteiger partial charge on any atom is 0.235 e. The summed E-state index contributed by atoms with van der Waals surface area (Å²) >= 11 is 0. The molecule has 1 amide bonds. The molecular formula is C20H20FN5O2. The van der Waals surface area contributed by atoms with E-state index in [9.17, 15) is 9.18 Å². The fourth-order valence-electron chi connectivity index (χ4n) is 3.17. The van der Waals surface area contributed by atoms with Gasteiger partial charge in [-0.15, -0.1) is 0 Å². The Bertz CT molecular complexity index is 1090. The summed E-state index contributed by atoms with van der Waals surface area (Å²) in [6.45, 7) is 5.70. The van der Waals surface area contributed by atoms with E-state index in [4.69, 9.17) is 4.74 Å². The summed E-state index contributed by atoms with van der Waals surface area (Å²) in [6, 6.07) is 6.76. The quantitative estimate of drug-likeness (QED) is 0.751. The van der Waals surface area contributed by atoms with E-state index < -0.39 is 5.41 Å². The first-order valence-corrected chi connectivity index (χ1v) is 8.86.